The van der Waals surface area contributed by atoms with Crippen LogP contribution < -0.4 is 0 Å². The first-order valence-electron chi connectivity index (χ1n) is 10.6. The Hall–Kier alpha value is -0.440. The fraction of sp³-hybridized carbons (Fsp3) is 1.00. The summed E-state index contributed by atoms with van der Waals surface area (Å²) in [6.45, 7) is -0.850. The maximum absolute atomic E-state index is 10.6. The Morgan fingerprint density at radius 2 is 1.27 bits per heavy atom. The second-order valence-electron chi connectivity index (χ2n) is 8.34. The van der Waals surface area contributed by atoms with Gasteiger partial charge in [0.25, 0.3) is 0 Å². The lowest BCUT2D eigenvalue weighted by Crippen LogP contribution is -2.64. The molecule has 2 aliphatic heterocycles. The number of rotatable bonds is 7. The van der Waals surface area contributed by atoms with E-state index in [1.807, 2.05) is 0 Å². The maximum Gasteiger partial charge on any atom is 0.187 e. The van der Waals surface area contributed by atoms with Crippen LogP contribution in [-0.4, -0.2) is 117 Å². The Balaban J connectivity index is 1.61. The standard InChI is InChI=1S/C19H34O11/c20-6-10-12(22)13(23)15(25)19(28-10)30-17-11(7-21)29-18(16(26)14(17)24)27-8-9-4-2-1-3-5-9/h9-26H,1-8H2. The molecular formula is C19H34O11. The highest BCUT2D eigenvalue weighted by Gasteiger charge is 2.50. The third-order valence-electron chi connectivity index (χ3n) is 6.18. The van der Waals surface area contributed by atoms with Crippen molar-refractivity contribution in [3.8, 4) is 0 Å². The predicted molar refractivity (Wildman–Crippen MR) is 98.9 cm³/mol. The van der Waals surface area contributed by atoms with Crippen molar-refractivity contribution in [1.82, 2.24) is 0 Å². The van der Waals surface area contributed by atoms with Crippen LogP contribution in [0.4, 0.5) is 0 Å². The molecule has 1 saturated carbocycles. The monoisotopic (exact) mass is 438 g/mol. The molecule has 3 aliphatic rings. The average molecular weight is 438 g/mol. The third-order valence-corrected chi connectivity index (χ3v) is 6.18. The van der Waals surface area contributed by atoms with Crippen LogP contribution in [0.2, 0.25) is 0 Å². The molecule has 1 aliphatic carbocycles. The summed E-state index contributed by atoms with van der Waals surface area (Å²) >= 11 is 0. The summed E-state index contributed by atoms with van der Waals surface area (Å²) in [4.78, 5) is 0. The minimum absolute atomic E-state index is 0.349. The van der Waals surface area contributed by atoms with E-state index >= 15 is 0 Å². The van der Waals surface area contributed by atoms with Crippen LogP contribution in [0.3, 0.4) is 0 Å². The van der Waals surface area contributed by atoms with Gasteiger partial charge < -0.3 is 54.7 Å². The Labute approximate surface area is 174 Å². The van der Waals surface area contributed by atoms with E-state index in [1.165, 1.54) is 6.42 Å². The number of hydrogen-bond donors (Lipinski definition) is 7. The summed E-state index contributed by atoms with van der Waals surface area (Å²) in [6, 6.07) is 0. The predicted octanol–water partition coefficient (Wildman–Crippen LogP) is -2.79. The van der Waals surface area contributed by atoms with Crippen LogP contribution in [0.15, 0.2) is 0 Å². The highest BCUT2D eigenvalue weighted by atomic mass is 16.7. The smallest absolute Gasteiger partial charge is 0.187 e. The molecule has 0 spiro atoms. The molecule has 10 atom stereocenters. The van der Waals surface area contributed by atoms with Gasteiger partial charge in [0.1, 0.15) is 48.8 Å². The van der Waals surface area contributed by atoms with Gasteiger partial charge in [-0.05, 0) is 18.8 Å². The Kier molecular flexibility index (Phi) is 8.82. The highest BCUT2D eigenvalue weighted by molar-refractivity contribution is 4.94. The fourth-order valence-electron chi connectivity index (χ4n) is 4.28. The van der Waals surface area contributed by atoms with Crippen molar-refractivity contribution >= 4 is 0 Å². The minimum atomic E-state index is -1.69. The molecule has 0 amide bonds. The largest absolute Gasteiger partial charge is 0.394 e. The van der Waals surface area contributed by atoms with E-state index in [1.54, 1.807) is 0 Å². The van der Waals surface area contributed by atoms with Crippen LogP contribution in [0, 0.1) is 5.92 Å². The van der Waals surface area contributed by atoms with Gasteiger partial charge in [-0.2, -0.15) is 0 Å². The zero-order valence-electron chi connectivity index (χ0n) is 16.8. The molecule has 10 unspecified atom stereocenters. The molecule has 176 valence electrons. The SMILES string of the molecule is OCC1OC(OC2C(CO)OC(OCC3CCCCC3)C(O)C2O)C(O)C(O)C1O. The number of aliphatic hydroxyl groups is 7. The second kappa shape index (κ2) is 10.9. The Morgan fingerprint density at radius 1 is 0.667 bits per heavy atom. The zero-order chi connectivity index (χ0) is 21.8. The third kappa shape index (κ3) is 5.30. The first-order chi connectivity index (χ1) is 14.4. The molecule has 0 aromatic rings. The van der Waals surface area contributed by atoms with E-state index < -0.39 is 74.6 Å². The van der Waals surface area contributed by atoms with E-state index in [-0.39, 0.29) is 0 Å². The molecule has 3 fully saturated rings. The summed E-state index contributed by atoms with van der Waals surface area (Å²) in [7, 11) is 0. The van der Waals surface area contributed by atoms with Crippen molar-refractivity contribution in [2.24, 2.45) is 5.92 Å². The molecule has 7 N–H and O–H groups in total. The van der Waals surface area contributed by atoms with Crippen LogP contribution in [0.1, 0.15) is 32.1 Å². The zero-order valence-corrected chi connectivity index (χ0v) is 16.8. The lowest BCUT2D eigenvalue weighted by molar-refractivity contribution is -0.360. The topological polar surface area (TPSA) is 179 Å². The van der Waals surface area contributed by atoms with E-state index in [0.29, 0.717) is 12.5 Å². The van der Waals surface area contributed by atoms with Gasteiger partial charge in [0, 0.05) is 0 Å². The molecule has 0 bridgehead atoms. The van der Waals surface area contributed by atoms with Crippen molar-refractivity contribution in [2.45, 2.75) is 93.5 Å². The molecular weight excluding hydrogens is 404 g/mol. The number of aliphatic hydroxyl groups excluding tert-OH is 7. The van der Waals surface area contributed by atoms with Crippen molar-refractivity contribution in [3.05, 3.63) is 0 Å². The van der Waals surface area contributed by atoms with Gasteiger partial charge in [-0.3, -0.25) is 0 Å². The molecule has 2 heterocycles. The van der Waals surface area contributed by atoms with Gasteiger partial charge in [0.2, 0.25) is 0 Å². The summed E-state index contributed by atoms with van der Waals surface area (Å²) in [5.41, 5.74) is 0. The molecule has 3 rings (SSSR count). The van der Waals surface area contributed by atoms with E-state index in [2.05, 4.69) is 0 Å². The number of hydrogen-bond acceptors (Lipinski definition) is 11. The van der Waals surface area contributed by atoms with Crippen LogP contribution in [0.5, 0.6) is 0 Å². The van der Waals surface area contributed by atoms with Crippen molar-refractivity contribution in [3.63, 3.8) is 0 Å². The van der Waals surface area contributed by atoms with Crippen molar-refractivity contribution in [2.75, 3.05) is 19.8 Å². The Morgan fingerprint density at radius 3 is 1.90 bits per heavy atom. The van der Waals surface area contributed by atoms with E-state index in [4.69, 9.17) is 18.9 Å². The molecule has 30 heavy (non-hydrogen) atoms. The summed E-state index contributed by atoms with van der Waals surface area (Å²) < 4.78 is 22.1. The van der Waals surface area contributed by atoms with Crippen molar-refractivity contribution < 1.29 is 54.7 Å². The van der Waals surface area contributed by atoms with Crippen LogP contribution in [0.25, 0.3) is 0 Å². The molecule has 0 aromatic carbocycles. The van der Waals surface area contributed by atoms with Gasteiger partial charge in [-0.1, -0.05) is 19.3 Å². The van der Waals surface area contributed by atoms with Gasteiger partial charge in [-0.15, -0.1) is 0 Å². The fourth-order valence-corrected chi connectivity index (χ4v) is 4.28. The molecule has 11 heteroatoms. The van der Waals surface area contributed by atoms with Gasteiger partial charge in [-0.25, -0.2) is 0 Å². The van der Waals surface area contributed by atoms with E-state index in [0.717, 1.165) is 25.7 Å². The molecule has 2 saturated heterocycles. The van der Waals surface area contributed by atoms with E-state index in [9.17, 15) is 35.7 Å². The lowest BCUT2D eigenvalue weighted by Gasteiger charge is -2.46. The second-order valence-corrected chi connectivity index (χ2v) is 8.34. The molecule has 0 aromatic heterocycles. The van der Waals surface area contributed by atoms with Gasteiger partial charge in [0.05, 0.1) is 19.8 Å². The van der Waals surface area contributed by atoms with Crippen LogP contribution >= 0.6 is 0 Å². The minimum Gasteiger partial charge on any atom is -0.394 e. The average Bonchev–Trinajstić information content (AvgIpc) is 2.77. The lowest BCUT2D eigenvalue weighted by atomic mass is 9.90. The van der Waals surface area contributed by atoms with Gasteiger partial charge >= 0.3 is 0 Å². The first-order valence-corrected chi connectivity index (χ1v) is 10.6. The van der Waals surface area contributed by atoms with Crippen molar-refractivity contribution in [1.29, 1.82) is 0 Å². The normalized spacial score (nSPS) is 46.1. The molecule has 0 radical (unpaired) electrons. The van der Waals surface area contributed by atoms with Crippen LogP contribution in [-0.2, 0) is 18.9 Å². The molecule has 11 nitrogen and oxygen atoms in total. The highest BCUT2D eigenvalue weighted by Crippen LogP contribution is 2.30. The maximum atomic E-state index is 10.6. The summed E-state index contributed by atoms with van der Waals surface area (Å²) in [5, 5.41) is 69.9. The van der Waals surface area contributed by atoms with Gasteiger partial charge in [0.15, 0.2) is 12.6 Å². The quantitative estimate of drug-likeness (QED) is 0.218. The summed E-state index contributed by atoms with van der Waals surface area (Å²) in [6.07, 6.45) is -8.75. The summed E-state index contributed by atoms with van der Waals surface area (Å²) in [5.74, 6) is 0.349. The first kappa shape index (κ1) is 24.2. The number of ether oxygens (including phenoxy) is 4. The Bertz CT molecular complexity index is 513.